The van der Waals surface area contributed by atoms with E-state index in [1.807, 2.05) is 49.1 Å². The summed E-state index contributed by atoms with van der Waals surface area (Å²) in [6.45, 7) is 5.24. The van der Waals surface area contributed by atoms with E-state index in [-0.39, 0.29) is 12.1 Å². The van der Waals surface area contributed by atoms with Crippen LogP contribution in [0, 0.1) is 0 Å². The molecule has 2 aromatic rings. The zero-order chi connectivity index (χ0) is 16.7. The zero-order valence-corrected chi connectivity index (χ0v) is 14.8. The predicted octanol–water partition coefficient (Wildman–Crippen LogP) is 4.53. The molecule has 1 N–H and O–H groups in total. The molecule has 0 aliphatic carbocycles. The number of nitrogens with zero attached hydrogens (tertiary/aromatic N) is 1. The number of benzene rings is 2. The van der Waals surface area contributed by atoms with Gasteiger partial charge in [-0.3, -0.25) is 0 Å². The summed E-state index contributed by atoms with van der Waals surface area (Å²) in [6, 6.07) is 18.5. The highest BCUT2D eigenvalue weighted by atomic mass is 32.2. The second-order valence-electron chi connectivity index (χ2n) is 5.71. The zero-order valence-electron chi connectivity index (χ0n) is 14.0. The summed E-state index contributed by atoms with van der Waals surface area (Å²) in [7, 11) is 0. The molecular formula is C19H24N2OS. The predicted molar refractivity (Wildman–Crippen MR) is 97.6 cm³/mol. The highest BCUT2D eigenvalue weighted by Gasteiger charge is 2.16. The molecule has 0 saturated heterocycles. The van der Waals surface area contributed by atoms with E-state index in [0.29, 0.717) is 13.1 Å². The number of carbonyl (C=O) groups excluding carboxylic acids is 1. The Kier molecular flexibility index (Phi) is 6.53. The molecule has 4 heteroatoms. The van der Waals surface area contributed by atoms with Crippen molar-refractivity contribution in [1.29, 1.82) is 0 Å². The first-order valence-corrected chi connectivity index (χ1v) is 9.04. The van der Waals surface area contributed by atoms with Crippen LogP contribution in [0.1, 0.15) is 25.0 Å². The second-order valence-corrected chi connectivity index (χ2v) is 6.59. The molecule has 0 atom stereocenters. The molecule has 2 aromatic carbocycles. The van der Waals surface area contributed by atoms with Crippen LogP contribution in [0.4, 0.5) is 4.79 Å². The van der Waals surface area contributed by atoms with Crippen molar-refractivity contribution in [3.05, 3.63) is 65.7 Å². The maximum atomic E-state index is 12.5. The van der Waals surface area contributed by atoms with Gasteiger partial charge in [-0.05, 0) is 43.4 Å². The average molecular weight is 328 g/mol. The van der Waals surface area contributed by atoms with Gasteiger partial charge in [-0.15, -0.1) is 11.8 Å². The highest BCUT2D eigenvalue weighted by molar-refractivity contribution is 7.98. The van der Waals surface area contributed by atoms with Crippen molar-refractivity contribution in [2.24, 2.45) is 0 Å². The fourth-order valence-corrected chi connectivity index (χ4v) is 2.70. The standard InChI is InChI=1S/C19H24N2OS/c1-15(2)21(14-17-7-5-4-6-8-17)19(22)20-13-16-9-11-18(23-3)12-10-16/h4-12,15H,13-14H2,1-3H3,(H,20,22). The third-order valence-corrected chi connectivity index (χ3v) is 4.43. The lowest BCUT2D eigenvalue weighted by Gasteiger charge is -2.27. The molecule has 3 nitrogen and oxygen atoms in total. The smallest absolute Gasteiger partial charge is 0.318 e. The van der Waals surface area contributed by atoms with Gasteiger partial charge in [-0.25, -0.2) is 4.79 Å². The SMILES string of the molecule is CSc1ccc(CNC(=O)N(Cc2ccccc2)C(C)C)cc1. The molecule has 0 bridgehead atoms. The van der Waals surface area contributed by atoms with Crippen molar-refractivity contribution in [2.75, 3.05) is 6.26 Å². The number of amides is 2. The first kappa shape index (κ1) is 17.4. The number of thioether (sulfide) groups is 1. The Morgan fingerprint density at radius 3 is 2.26 bits per heavy atom. The van der Waals surface area contributed by atoms with Gasteiger partial charge in [0.2, 0.25) is 0 Å². The summed E-state index contributed by atoms with van der Waals surface area (Å²) in [6.07, 6.45) is 2.06. The van der Waals surface area contributed by atoms with E-state index >= 15 is 0 Å². The monoisotopic (exact) mass is 328 g/mol. The third-order valence-electron chi connectivity index (χ3n) is 3.68. The number of nitrogens with one attached hydrogen (secondary N) is 1. The molecule has 0 heterocycles. The molecule has 2 rings (SSSR count). The van der Waals surface area contributed by atoms with Gasteiger partial charge < -0.3 is 10.2 Å². The number of urea groups is 1. The van der Waals surface area contributed by atoms with Crippen LogP contribution in [-0.2, 0) is 13.1 Å². The average Bonchev–Trinajstić information content (AvgIpc) is 2.58. The van der Waals surface area contributed by atoms with Gasteiger partial charge in [0.15, 0.2) is 0 Å². The van der Waals surface area contributed by atoms with Crippen molar-refractivity contribution in [1.82, 2.24) is 10.2 Å². The molecule has 0 spiro atoms. The Balaban J connectivity index is 1.95. The molecule has 0 aliphatic heterocycles. The van der Waals surface area contributed by atoms with Crippen molar-refractivity contribution in [2.45, 2.75) is 37.9 Å². The van der Waals surface area contributed by atoms with E-state index in [2.05, 4.69) is 35.8 Å². The Labute approximate surface area is 143 Å². The first-order valence-electron chi connectivity index (χ1n) is 7.81. The van der Waals surface area contributed by atoms with E-state index < -0.39 is 0 Å². The van der Waals surface area contributed by atoms with Gasteiger partial charge >= 0.3 is 6.03 Å². The Morgan fingerprint density at radius 1 is 1.04 bits per heavy atom. The van der Waals surface area contributed by atoms with Gasteiger partial charge in [-0.2, -0.15) is 0 Å². The maximum Gasteiger partial charge on any atom is 0.318 e. The van der Waals surface area contributed by atoms with Crippen molar-refractivity contribution in [3.63, 3.8) is 0 Å². The van der Waals surface area contributed by atoms with Crippen molar-refractivity contribution in [3.8, 4) is 0 Å². The topological polar surface area (TPSA) is 32.3 Å². The van der Waals surface area contributed by atoms with Gasteiger partial charge in [-0.1, -0.05) is 42.5 Å². The molecule has 23 heavy (non-hydrogen) atoms. The van der Waals surface area contributed by atoms with Crippen LogP contribution in [0.2, 0.25) is 0 Å². The lowest BCUT2D eigenvalue weighted by atomic mass is 10.2. The maximum absolute atomic E-state index is 12.5. The normalized spacial score (nSPS) is 10.6. The van der Waals surface area contributed by atoms with Crippen LogP contribution in [0.25, 0.3) is 0 Å². The molecular weight excluding hydrogens is 304 g/mol. The summed E-state index contributed by atoms with van der Waals surface area (Å²) in [5.74, 6) is 0. The van der Waals surface area contributed by atoms with Gasteiger partial charge in [0.1, 0.15) is 0 Å². The number of rotatable bonds is 6. The number of hydrogen-bond donors (Lipinski definition) is 1. The van der Waals surface area contributed by atoms with Gasteiger partial charge in [0.25, 0.3) is 0 Å². The van der Waals surface area contributed by atoms with Gasteiger partial charge in [0.05, 0.1) is 0 Å². The van der Waals surface area contributed by atoms with E-state index in [1.54, 1.807) is 11.8 Å². The van der Waals surface area contributed by atoms with Crippen molar-refractivity contribution >= 4 is 17.8 Å². The van der Waals surface area contributed by atoms with E-state index in [9.17, 15) is 4.79 Å². The number of carbonyl (C=O) groups is 1. The van der Waals surface area contributed by atoms with E-state index in [0.717, 1.165) is 11.1 Å². The van der Waals surface area contributed by atoms with Crippen LogP contribution >= 0.6 is 11.8 Å². The minimum atomic E-state index is -0.0298. The van der Waals surface area contributed by atoms with Crippen LogP contribution in [0.5, 0.6) is 0 Å². The molecule has 122 valence electrons. The quantitative estimate of drug-likeness (QED) is 0.790. The van der Waals surface area contributed by atoms with Gasteiger partial charge in [0, 0.05) is 24.0 Å². The minimum Gasteiger partial charge on any atom is -0.334 e. The van der Waals surface area contributed by atoms with Crippen LogP contribution in [0.15, 0.2) is 59.5 Å². The Morgan fingerprint density at radius 2 is 1.70 bits per heavy atom. The Hall–Kier alpha value is -1.94. The summed E-state index contributed by atoms with van der Waals surface area (Å²) < 4.78 is 0. The lowest BCUT2D eigenvalue weighted by molar-refractivity contribution is 0.179. The molecule has 0 radical (unpaired) electrons. The molecule has 2 amide bonds. The number of hydrogen-bond acceptors (Lipinski definition) is 2. The highest BCUT2D eigenvalue weighted by Crippen LogP contribution is 2.15. The second kappa shape index (κ2) is 8.63. The molecule has 0 fully saturated rings. The molecule has 0 aliphatic rings. The van der Waals surface area contributed by atoms with E-state index in [4.69, 9.17) is 0 Å². The van der Waals surface area contributed by atoms with Crippen LogP contribution < -0.4 is 5.32 Å². The molecule has 0 aromatic heterocycles. The summed E-state index contributed by atoms with van der Waals surface area (Å²) in [5, 5.41) is 3.02. The first-order chi connectivity index (χ1) is 11.1. The Bertz CT molecular complexity index is 611. The molecule has 0 saturated carbocycles. The minimum absolute atomic E-state index is 0.0298. The van der Waals surface area contributed by atoms with Crippen LogP contribution in [-0.4, -0.2) is 23.2 Å². The summed E-state index contributed by atoms with van der Waals surface area (Å²) in [4.78, 5) is 15.6. The molecule has 0 unspecified atom stereocenters. The lowest BCUT2D eigenvalue weighted by Crippen LogP contribution is -2.43. The largest absolute Gasteiger partial charge is 0.334 e. The summed E-state index contributed by atoms with van der Waals surface area (Å²) in [5.41, 5.74) is 2.25. The fraction of sp³-hybridized carbons (Fsp3) is 0.316. The van der Waals surface area contributed by atoms with Crippen LogP contribution in [0.3, 0.4) is 0 Å². The van der Waals surface area contributed by atoms with Crippen molar-refractivity contribution < 1.29 is 4.79 Å². The third kappa shape index (κ3) is 5.32. The summed E-state index contributed by atoms with van der Waals surface area (Å²) >= 11 is 1.72. The fourth-order valence-electron chi connectivity index (χ4n) is 2.29. The van der Waals surface area contributed by atoms with E-state index in [1.165, 1.54) is 4.90 Å².